The summed E-state index contributed by atoms with van der Waals surface area (Å²) in [5.41, 5.74) is 0.383. The van der Waals surface area contributed by atoms with Crippen LogP contribution in [0.1, 0.15) is 38.2 Å². The summed E-state index contributed by atoms with van der Waals surface area (Å²) < 4.78 is 4.56. The molecular weight excluding hydrogens is 230 g/mol. The van der Waals surface area contributed by atoms with E-state index < -0.39 is 5.97 Å². The molecule has 0 aromatic carbocycles. The first kappa shape index (κ1) is 14.4. The fourth-order valence-corrected chi connectivity index (χ4v) is 1.15. The molecule has 1 aromatic heterocycles. The van der Waals surface area contributed by atoms with E-state index in [0.717, 1.165) is 6.54 Å². The topological polar surface area (TPSA) is 64.1 Å². The molecule has 0 unspecified atom stereocenters. The first-order valence-electron chi connectivity index (χ1n) is 6.01. The van der Waals surface area contributed by atoms with Crippen LogP contribution in [0.15, 0.2) is 12.4 Å². The summed E-state index contributed by atoms with van der Waals surface area (Å²) in [5.74, 6) is 0.750. The minimum absolute atomic E-state index is 0.169. The van der Waals surface area contributed by atoms with E-state index in [9.17, 15) is 4.79 Å². The van der Waals surface area contributed by atoms with E-state index in [1.807, 2.05) is 0 Å². The third kappa shape index (κ3) is 3.68. The Morgan fingerprint density at radius 2 is 2.06 bits per heavy atom. The maximum atomic E-state index is 11.2. The molecule has 1 N–H and O–H groups in total. The van der Waals surface area contributed by atoms with Crippen LogP contribution in [0, 0.1) is 11.3 Å². The number of methoxy groups -OCH3 is 1. The molecule has 0 bridgehead atoms. The van der Waals surface area contributed by atoms with Crippen molar-refractivity contribution in [2.75, 3.05) is 19.0 Å². The van der Waals surface area contributed by atoms with Gasteiger partial charge in [0.2, 0.25) is 0 Å². The van der Waals surface area contributed by atoms with Crippen molar-refractivity contribution in [2.24, 2.45) is 11.3 Å². The number of hydrogen-bond donors (Lipinski definition) is 1. The van der Waals surface area contributed by atoms with Gasteiger partial charge in [-0.2, -0.15) is 0 Å². The van der Waals surface area contributed by atoms with Gasteiger partial charge in [0.05, 0.1) is 19.5 Å². The standard InChI is InChI=1S/C13H21N3O2/c1-9(2)13(3,4)8-16-11-7-14-10(6-15-11)12(17)18-5/h6-7,9H,8H2,1-5H3,(H,15,16). The minimum Gasteiger partial charge on any atom is -0.464 e. The number of esters is 1. The number of anilines is 1. The molecular formula is C13H21N3O2. The number of aromatic nitrogens is 2. The first-order chi connectivity index (χ1) is 8.36. The van der Waals surface area contributed by atoms with Crippen LogP contribution in [0.5, 0.6) is 0 Å². The molecule has 5 nitrogen and oxygen atoms in total. The van der Waals surface area contributed by atoms with Crippen LogP contribution in [-0.4, -0.2) is 29.6 Å². The first-order valence-corrected chi connectivity index (χ1v) is 6.01. The molecule has 0 aliphatic rings. The third-order valence-electron chi connectivity index (χ3n) is 3.33. The van der Waals surface area contributed by atoms with Crippen LogP contribution in [-0.2, 0) is 4.74 Å². The van der Waals surface area contributed by atoms with Gasteiger partial charge >= 0.3 is 5.97 Å². The summed E-state index contributed by atoms with van der Waals surface area (Å²) in [7, 11) is 1.32. The largest absolute Gasteiger partial charge is 0.464 e. The third-order valence-corrected chi connectivity index (χ3v) is 3.33. The smallest absolute Gasteiger partial charge is 0.358 e. The molecule has 1 rings (SSSR count). The summed E-state index contributed by atoms with van der Waals surface area (Å²) >= 11 is 0. The summed E-state index contributed by atoms with van der Waals surface area (Å²) in [4.78, 5) is 19.3. The lowest BCUT2D eigenvalue weighted by molar-refractivity contribution is 0.0593. The highest BCUT2D eigenvalue weighted by Crippen LogP contribution is 2.25. The van der Waals surface area contributed by atoms with E-state index in [1.54, 1.807) is 6.20 Å². The zero-order chi connectivity index (χ0) is 13.8. The lowest BCUT2D eigenvalue weighted by Gasteiger charge is -2.29. The number of carbonyl (C=O) groups excluding carboxylic acids is 1. The van der Waals surface area contributed by atoms with Crippen LogP contribution in [0.4, 0.5) is 5.82 Å². The summed E-state index contributed by atoms with van der Waals surface area (Å²) in [6.45, 7) is 9.57. The molecule has 0 fully saturated rings. The fourth-order valence-electron chi connectivity index (χ4n) is 1.15. The molecule has 1 heterocycles. The molecule has 0 amide bonds. The summed E-state index contributed by atoms with van der Waals surface area (Å²) in [5, 5.41) is 3.22. The van der Waals surface area contributed by atoms with Crippen molar-refractivity contribution in [2.45, 2.75) is 27.7 Å². The van der Waals surface area contributed by atoms with Crippen molar-refractivity contribution in [1.29, 1.82) is 0 Å². The normalized spacial score (nSPS) is 11.4. The highest BCUT2D eigenvalue weighted by Gasteiger charge is 2.22. The second-order valence-electron chi connectivity index (χ2n) is 5.28. The molecule has 0 aliphatic heterocycles. The van der Waals surface area contributed by atoms with Gasteiger partial charge in [-0.3, -0.25) is 0 Å². The molecule has 0 radical (unpaired) electrons. The zero-order valence-electron chi connectivity index (χ0n) is 11.7. The molecule has 0 spiro atoms. The molecule has 0 aliphatic carbocycles. The zero-order valence-corrected chi connectivity index (χ0v) is 11.7. The van der Waals surface area contributed by atoms with Crippen molar-refractivity contribution in [3.05, 3.63) is 18.1 Å². The van der Waals surface area contributed by atoms with Gasteiger partial charge in [-0.1, -0.05) is 27.7 Å². The van der Waals surface area contributed by atoms with E-state index in [0.29, 0.717) is 11.7 Å². The Labute approximate surface area is 108 Å². The van der Waals surface area contributed by atoms with Gasteiger partial charge in [-0.25, -0.2) is 14.8 Å². The maximum Gasteiger partial charge on any atom is 0.358 e. The molecule has 0 saturated heterocycles. The maximum absolute atomic E-state index is 11.2. The average molecular weight is 251 g/mol. The lowest BCUT2D eigenvalue weighted by atomic mass is 9.81. The highest BCUT2D eigenvalue weighted by atomic mass is 16.5. The Morgan fingerprint density at radius 1 is 1.39 bits per heavy atom. The van der Waals surface area contributed by atoms with Gasteiger partial charge in [-0.15, -0.1) is 0 Å². The number of carbonyl (C=O) groups is 1. The average Bonchev–Trinajstić information content (AvgIpc) is 2.36. The van der Waals surface area contributed by atoms with E-state index in [2.05, 4.69) is 47.7 Å². The van der Waals surface area contributed by atoms with E-state index in [-0.39, 0.29) is 11.1 Å². The number of nitrogens with zero attached hydrogens (tertiary/aromatic N) is 2. The Bertz CT molecular complexity index is 399. The monoisotopic (exact) mass is 251 g/mol. The van der Waals surface area contributed by atoms with E-state index >= 15 is 0 Å². The van der Waals surface area contributed by atoms with Crippen LogP contribution in [0.3, 0.4) is 0 Å². The van der Waals surface area contributed by atoms with Crippen molar-refractivity contribution < 1.29 is 9.53 Å². The van der Waals surface area contributed by atoms with Crippen LogP contribution >= 0.6 is 0 Å². The molecule has 0 saturated carbocycles. The van der Waals surface area contributed by atoms with E-state index in [1.165, 1.54) is 13.3 Å². The Kier molecular flexibility index (Phi) is 4.64. The minimum atomic E-state index is -0.475. The number of nitrogens with one attached hydrogen (secondary N) is 1. The molecule has 0 atom stereocenters. The second kappa shape index (κ2) is 5.80. The number of hydrogen-bond acceptors (Lipinski definition) is 5. The highest BCUT2D eigenvalue weighted by molar-refractivity contribution is 5.86. The van der Waals surface area contributed by atoms with Crippen LogP contribution in [0.25, 0.3) is 0 Å². The van der Waals surface area contributed by atoms with Gasteiger partial charge < -0.3 is 10.1 Å². The Morgan fingerprint density at radius 3 is 2.50 bits per heavy atom. The van der Waals surface area contributed by atoms with Gasteiger partial charge in [-0.05, 0) is 11.3 Å². The molecule has 5 heteroatoms. The summed E-state index contributed by atoms with van der Waals surface area (Å²) in [6.07, 6.45) is 2.96. The quantitative estimate of drug-likeness (QED) is 0.814. The van der Waals surface area contributed by atoms with Gasteiger partial charge in [0.25, 0.3) is 0 Å². The van der Waals surface area contributed by atoms with Crippen molar-refractivity contribution >= 4 is 11.8 Å². The van der Waals surface area contributed by atoms with Crippen molar-refractivity contribution in [1.82, 2.24) is 9.97 Å². The van der Waals surface area contributed by atoms with Crippen LogP contribution in [0.2, 0.25) is 0 Å². The van der Waals surface area contributed by atoms with Gasteiger partial charge in [0.1, 0.15) is 5.82 Å². The SMILES string of the molecule is COC(=O)c1cnc(NCC(C)(C)C(C)C)cn1. The van der Waals surface area contributed by atoms with Crippen molar-refractivity contribution in [3.8, 4) is 0 Å². The second-order valence-corrected chi connectivity index (χ2v) is 5.28. The number of rotatable bonds is 5. The van der Waals surface area contributed by atoms with Gasteiger partial charge in [0, 0.05) is 6.54 Å². The van der Waals surface area contributed by atoms with Gasteiger partial charge in [0.15, 0.2) is 5.69 Å². The van der Waals surface area contributed by atoms with Crippen LogP contribution < -0.4 is 5.32 Å². The fraction of sp³-hybridized carbons (Fsp3) is 0.615. The lowest BCUT2D eigenvalue weighted by Crippen LogP contribution is -2.28. The Balaban J connectivity index is 2.62. The molecule has 100 valence electrons. The molecule has 1 aromatic rings. The molecule has 18 heavy (non-hydrogen) atoms. The summed E-state index contributed by atoms with van der Waals surface area (Å²) in [6, 6.07) is 0. The van der Waals surface area contributed by atoms with Crippen molar-refractivity contribution in [3.63, 3.8) is 0 Å². The predicted octanol–water partition coefficient (Wildman–Crippen LogP) is 2.36. The predicted molar refractivity (Wildman–Crippen MR) is 70.5 cm³/mol. The van der Waals surface area contributed by atoms with E-state index in [4.69, 9.17) is 0 Å². The number of ether oxygens (including phenoxy) is 1. The Hall–Kier alpha value is -1.65.